The van der Waals surface area contributed by atoms with Gasteiger partial charge in [0, 0.05) is 5.57 Å². The fraction of sp³-hybridized carbons (Fsp3) is 0.808. The summed E-state index contributed by atoms with van der Waals surface area (Å²) in [4.78, 5) is 36.9. The van der Waals surface area contributed by atoms with Gasteiger partial charge in [0.25, 0.3) is 5.91 Å². The van der Waals surface area contributed by atoms with E-state index in [4.69, 9.17) is 14.2 Å². The van der Waals surface area contributed by atoms with Crippen LogP contribution in [0.25, 0.3) is 0 Å². The van der Waals surface area contributed by atoms with E-state index < -0.39 is 98.6 Å². The minimum atomic E-state index is -2.39. The summed E-state index contributed by atoms with van der Waals surface area (Å²) in [6.07, 6.45) is -12.3. The molecule has 15 nitrogen and oxygen atoms in total. The number of rotatable bonds is 19. The first-order valence-corrected chi connectivity index (χ1v) is 13.6. The van der Waals surface area contributed by atoms with Gasteiger partial charge in [-0.15, -0.1) is 0 Å². The second-order valence-electron chi connectivity index (χ2n) is 10.0. The van der Waals surface area contributed by atoms with Gasteiger partial charge >= 0.3 is 5.97 Å². The number of carbonyl (C=O) groups excluding carboxylic acids is 3. The van der Waals surface area contributed by atoms with Crippen molar-refractivity contribution in [2.24, 2.45) is 0 Å². The lowest BCUT2D eigenvalue weighted by molar-refractivity contribution is -0.326. The number of hydrogen-bond acceptors (Lipinski definition) is 14. The number of nitrogens with one attached hydrogen (secondary N) is 1. The van der Waals surface area contributed by atoms with E-state index in [1.807, 2.05) is 0 Å². The van der Waals surface area contributed by atoms with E-state index in [0.29, 0.717) is 6.42 Å². The maximum atomic E-state index is 12.7. The first kappa shape index (κ1) is 37.0. The van der Waals surface area contributed by atoms with Crippen LogP contribution in [-0.4, -0.2) is 139 Å². The van der Waals surface area contributed by atoms with Gasteiger partial charge in [-0.1, -0.05) is 39.2 Å². The smallest absolute Gasteiger partial charge is 0.333 e. The minimum Gasteiger partial charge on any atom is -0.460 e. The predicted octanol–water partition coefficient (Wildman–Crippen LogP) is -3.22. The molecule has 238 valence electrons. The van der Waals surface area contributed by atoms with Crippen LogP contribution in [-0.2, 0) is 28.6 Å². The van der Waals surface area contributed by atoms with Gasteiger partial charge in [0.15, 0.2) is 18.2 Å². The SMILES string of the molecule is C=C(CCCCCCC)C(=O)OCC(NC(=O)C(O)C(O)C(O[C@@H]1OC(CO)[C@H](O)[C@H](O)C1O)C(O)CO)C(C)=O. The number of Topliss-reactive ketones (excluding diaryl/α,β-unsaturated/α-hetero) is 1. The molecule has 1 heterocycles. The molecule has 1 aliphatic rings. The van der Waals surface area contributed by atoms with Gasteiger partial charge in [-0.25, -0.2) is 4.79 Å². The largest absolute Gasteiger partial charge is 0.460 e. The predicted molar refractivity (Wildman–Crippen MR) is 140 cm³/mol. The van der Waals surface area contributed by atoms with Crippen LogP contribution in [0.3, 0.4) is 0 Å². The van der Waals surface area contributed by atoms with Crippen molar-refractivity contribution in [2.75, 3.05) is 19.8 Å². The Labute approximate surface area is 238 Å². The van der Waals surface area contributed by atoms with Crippen LogP contribution in [0.4, 0.5) is 0 Å². The number of ether oxygens (including phenoxy) is 3. The number of carbonyl (C=O) groups is 3. The van der Waals surface area contributed by atoms with Crippen LogP contribution < -0.4 is 5.32 Å². The second-order valence-corrected chi connectivity index (χ2v) is 10.0. The van der Waals surface area contributed by atoms with Crippen LogP contribution in [0.5, 0.6) is 0 Å². The van der Waals surface area contributed by atoms with Gasteiger partial charge in [0.1, 0.15) is 55.4 Å². The molecule has 1 fully saturated rings. The number of amides is 1. The van der Waals surface area contributed by atoms with Crippen LogP contribution in [0, 0.1) is 0 Å². The number of aliphatic hydroxyl groups is 8. The highest BCUT2D eigenvalue weighted by Crippen LogP contribution is 2.25. The van der Waals surface area contributed by atoms with Crippen molar-refractivity contribution in [3.8, 4) is 0 Å². The fourth-order valence-corrected chi connectivity index (χ4v) is 3.99. The Balaban J connectivity index is 2.82. The van der Waals surface area contributed by atoms with Gasteiger partial charge in [0.2, 0.25) is 0 Å². The summed E-state index contributed by atoms with van der Waals surface area (Å²) in [6, 6.07) is -1.42. The Bertz CT molecular complexity index is 839. The third kappa shape index (κ3) is 11.3. The molecule has 15 heteroatoms. The van der Waals surface area contributed by atoms with Crippen molar-refractivity contribution >= 4 is 17.7 Å². The molecule has 7 unspecified atom stereocenters. The van der Waals surface area contributed by atoms with Crippen LogP contribution in [0.2, 0.25) is 0 Å². The quantitative estimate of drug-likeness (QED) is 0.0405. The van der Waals surface area contributed by atoms with Crippen molar-refractivity contribution < 1.29 is 69.4 Å². The van der Waals surface area contributed by atoms with E-state index in [1.54, 1.807) is 0 Å². The molecule has 9 N–H and O–H groups in total. The van der Waals surface area contributed by atoms with E-state index in [2.05, 4.69) is 18.8 Å². The molecular formula is C26H45NO14. The zero-order valence-electron chi connectivity index (χ0n) is 23.4. The second kappa shape index (κ2) is 18.5. The Hall–Kier alpha value is -2.05. The molecule has 1 amide bonds. The molecule has 1 saturated heterocycles. The zero-order valence-corrected chi connectivity index (χ0v) is 23.4. The molecule has 1 rings (SSSR count). The topological polar surface area (TPSA) is 253 Å². The van der Waals surface area contributed by atoms with E-state index >= 15 is 0 Å². The number of aliphatic hydroxyl groups excluding tert-OH is 8. The Morgan fingerprint density at radius 2 is 1.61 bits per heavy atom. The first-order valence-electron chi connectivity index (χ1n) is 13.6. The molecule has 10 atom stereocenters. The van der Waals surface area contributed by atoms with Crippen LogP contribution in [0.15, 0.2) is 12.2 Å². The van der Waals surface area contributed by atoms with E-state index in [9.17, 15) is 55.2 Å². The standard InChI is InChI=1S/C26H45NO14/c1-4-5-6-7-8-9-13(2)25(38)39-12-15(14(3)30)27-24(37)21(35)20(34)23(16(31)10-28)41-26-22(36)19(33)18(32)17(11-29)40-26/h15-23,26,28-29,31-36H,2,4-12H2,1,3H3,(H,27,37)/t15?,16?,17?,18-,19-,20?,21?,22?,23?,26-/m0/s1. The van der Waals surface area contributed by atoms with Crippen LogP contribution in [0.1, 0.15) is 52.4 Å². The van der Waals surface area contributed by atoms with E-state index in [0.717, 1.165) is 39.0 Å². The van der Waals surface area contributed by atoms with E-state index in [-0.39, 0.29) is 5.57 Å². The number of esters is 1. The lowest BCUT2D eigenvalue weighted by Gasteiger charge is -2.42. The molecule has 0 spiro atoms. The average molecular weight is 596 g/mol. The normalized spacial score (nSPS) is 26.3. The zero-order chi connectivity index (χ0) is 31.3. The van der Waals surface area contributed by atoms with E-state index in [1.165, 1.54) is 0 Å². The maximum absolute atomic E-state index is 12.7. The van der Waals surface area contributed by atoms with Crippen LogP contribution >= 0.6 is 0 Å². The highest BCUT2D eigenvalue weighted by atomic mass is 16.7. The molecule has 0 bridgehead atoms. The lowest BCUT2D eigenvalue weighted by Crippen LogP contribution is -2.62. The molecule has 41 heavy (non-hydrogen) atoms. The molecular weight excluding hydrogens is 550 g/mol. The third-order valence-electron chi connectivity index (χ3n) is 6.69. The summed E-state index contributed by atoms with van der Waals surface area (Å²) in [7, 11) is 0. The van der Waals surface area contributed by atoms with Crippen molar-refractivity contribution in [3.05, 3.63) is 12.2 Å². The van der Waals surface area contributed by atoms with Crippen molar-refractivity contribution in [1.29, 1.82) is 0 Å². The molecule has 0 aliphatic carbocycles. The van der Waals surface area contributed by atoms with Gasteiger partial charge in [-0.3, -0.25) is 9.59 Å². The molecule has 0 aromatic heterocycles. The summed E-state index contributed by atoms with van der Waals surface area (Å²) >= 11 is 0. The summed E-state index contributed by atoms with van der Waals surface area (Å²) in [5.74, 6) is -2.75. The minimum absolute atomic E-state index is 0.191. The first-order chi connectivity index (χ1) is 19.3. The Morgan fingerprint density at radius 1 is 0.976 bits per heavy atom. The van der Waals surface area contributed by atoms with Crippen molar-refractivity contribution in [3.63, 3.8) is 0 Å². The Kier molecular flexibility index (Phi) is 16.7. The summed E-state index contributed by atoms with van der Waals surface area (Å²) in [5.41, 5.74) is 0.191. The molecule has 0 aromatic carbocycles. The molecule has 0 radical (unpaired) electrons. The van der Waals surface area contributed by atoms with Gasteiger partial charge < -0.3 is 60.4 Å². The maximum Gasteiger partial charge on any atom is 0.333 e. The van der Waals surface area contributed by atoms with Crippen molar-refractivity contribution in [2.45, 2.75) is 114 Å². The number of ketones is 1. The average Bonchev–Trinajstić information content (AvgIpc) is 2.95. The van der Waals surface area contributed by atoms with Gasteiger partial charge in [-0.05, 0) is 19.8 Å². The number of unbranched alkanes of at least 4 members (excludes halogenated alkanes) is 4. The number of hydrogen-bond donors (Lipinski definition) is 9. The molecule has 0 aromatic rings. The third-order valence-corrected chi connectivity index (χ3v) is 6.69. The van der Waals surface area contributed by atoms with Crippen molar-refractivity contribution in [1.82, 2.24) is 5.32 Å². The Morgan fingerprint density at radius 3 is 2.17 bits per heavy atom. The highest BCUT2D eigenvalue weighted by Gasteiger charge is 2.47. The van der Waals surface area contributed by atoms with Gasteiger partial charge in [0.05, 0.1) is 13.2 Å². The lowest BCUT2D eigenvalue weighted by atomic mass is 9.98. The summed E-state index contributed by atoms with van der Waals surface area (Å²) in [6.45, 7) is 4.38. The molecule has 0 saturated carbocycles. The van der Waals surface area contributed by atoms with Gasteiger partial charge in [-0.2, -0.15) is 0 Å². The molecule has 1 aliphatic heterocycles. The highest BCUT2D eigenvalue weighted by molar-refractivity contribution is 5.91. The summed E-state index contributed by atoms with van der Waals surface area (Å²) in [5, 5.41) is 82.0. The fourth-order valence-electron chi connectivity index (χ4n) is 3.99. The summed E-state index contributed by atoms with van der Waals surface area (Å²) < 4.78 is 15.5. The monoisotopic (exact) mass is 595 g/mol.